The highest BCUT2D eigenvalue weighted by atomic mass is 32.2. The lowest BCUT2D eigenvalue weighted by Gasteiger charge is -2.33. The Morgan fingerprint density at radius 1 is 1.20 bits per heavy atom. The van der Waals surface area contributed by atoms with Gasteiger partial charge < -0.3 is 14.8 Å². The smallest absolute Gasteiger partial charge is 0.208 e. The summed E-state index contributed by atoms with van der Waals surface area (Å²) in [6.07, 6.45) is 6.18. The molecule has 5 heterocycles. The Labute approximate surface area is 179 Å². The van der Waals surface area contributed by atoms with Crippen LogP contribution in [0.5, 0.6) is 0 Å². The predicted molar refractivity (Wildman–Crippen MR) is 113 cm³/mol. The molecule has 30 heavy (non-hydrogen) atoms. The van der Waals surface area contributed by atoms with Gasteiger partial charge in [0.25, 0.3) is 0 Å². The molecular weight excluding hydrogens is 402 g/mol. The molecule has 4 aliphatic heterocycles. The van der Waals surface area contributed by atoms with Gasteiger partial charge in [0.05, 0.1) is 23.1 Å². The van der Waals surface area contributed by atoms with Crippen molar-refractivity contribution in [2.45, 2.75) is 67.9 Å². The third kappa shape index (κ3) is 3.50. The standard InChI is InChI=1S/C22H33N3O4S/c1-16-11-17(2)24-13-19(16)30(26,27)20-18(12-22(29-20)3-7-23-8-4-22)25-9-5-21(14-25)6-10-28-15-21/h11,13,18,20,23H,3-10,12,14-15H2,1-2H3. The molecule has 4 aliphatic rings. The number of hydrogen-bond donors (Lipinski definition) is 1. The van der Waals surface area contributed by atoms with Crippen LogP contribution in [-0.4, -0.2) is 74.8 Å². The van der Waals surface area contributed by atoms with E-state index in [0.29, 0.717) is 4.90 Å². The summed E-state index contributed by atoms with van der Waals surface area (Å²) in [6.45, 7) is 8.94. The Balaban J connectivity index is 1.48. The minimum absolute atomic E-state index is 0.117. The molecule has 7 nitrogen and oxygen atoms in total. The third-order valence-corrected chi connectivity index (χ3v) is 9.77. The van der Waals surface area contributed by atoms with Crippen LogP contribution in [0.1, 0.15) is 43.4 Å². The summed E-state index contributed by atoms with van der Waals surface area (Å²) in [6, 6.07) is 1.73. The maximum atomic E-state index is 13.8. The van der Waals surface area contributed by atoms with Gasteiger partial charge in [0.1, 0.15) is 0 Å². The molecule has 3 unspecified atom stereocenters. The van der Waals surface area contributed by atoms with Gasteiger partial charge in [-0.15, -0.1) is 0 Å². The van der Waals surface area contributed by atoms with Crippen LogP contribution < -0.4 is 5.32 Å². The molecule has 0 saturated carbocycles. The van der Waals surface area contributed by atoms with Crippen LogP contribution in [-0.2, 0) is 19.3 Å². The number of aryl methyl sites for hydroxylation is 2. The van der Waals surface area contributed by atoms with Crippen LogP contribution in [0.2, 0.25) is 0 Å². The van der Waals surface area contributed by atoms with Gasteiger partial charge >= 0.3 is 0 Å². The highest BCUT2D eigenvalue weighted by Gasteiger charge is 2.56. The molecule has 0 radical (unpaired) electrons. The molecule has 0 aliphatic carbocycles. The summed E-state index contributed by atoms with van der Waals surface area (Å²) in [7, 11) is -3.66. The van der Waals surface area contributed by atoms with Crippen molar-refractivity contribution in [2.75, 3.05) is 39.4 Å². The number of aromatic nitrogens is 1. The molecule has 4 fully saturated rings. The molecule has 1 aromatic rings. The van der Waals surface area contributed by atoms with Crippen LogP contribution in [0.15, 0.2) is 17.2 Å². The Hall–Kier alpha value is -1.06. The molecule has 3 atom stereocenters. The maximum absolute atomic E-state index is 13.8. The molecule has 1 aromatic heterocycles. The lowest BCUT2D eigenvalue weighted by Crippen LogP contribution is -2.44. The molecule has 2 spiro atoms. The van der Waals surface area contributed by atoms with E-state index >= 15 is 0 Å². The minimum atomic E-state index is -3.66. The quantitative estimate of drug-likeness (QED) is 0.776. The van der Waals surface area contributed by atoms with Gasteiger partial charge in [-0.25, -0.2) is 8.42 Å². The fourth-order valence-corrected chi connectivity index (χ4v) is 7.93. The second-order valence-electron chi connectivity index (χ2n) is 9.85. The zero-order valence-corrected chi connectivity index (χ0v) is 18.8. The Kier molecular flexibility index (Phi) is 5.22. The molecule has 1 N–H and O–H groups in total. The Morgan fingerprint density at radius 2 is 2.00 bits per heavy atom. The first-order valence-corrected chi connectivity index (χ1v) is 12.7. The van der Waals surface area contributed by atoms with Gasteiger partial charge in [0.2, 0.25) is 9.84 Å². The Morgan fingerprint density at radius 3 is 2.70 bits per heavy atom. The number of sulfone groups is 1. The first-order valence-electron chi connectivity index (χ1n) is 11.2. The van der Waals surface area contributed by atoms with E-state index in [9.17, 15) is 8.42 Å². The zero-order valence-electron chi connectivity index (χ0n) is 18.0. The first kappa shape index (κ1) is 20.8. The lowest BCUT2D eigenvalue weighted by molar-refractivity contribution is -0.0357. The molecule has 0 amide bonds. The zero-order chi connectivity index (χ0) is 21.0. The van der Waals surface area contributed by atoms with Crippen molar-refractivity contribution in [3.8, 4) is 0 Å². The average Bonchev–Trinajstić information content (AvgIpc) is 3.43. The van der Waals surface area contributed by atoms with E-state index in [0.717, 1.165) is 82.8 Å². The fraction of sp³-hybridized carbons (Fsp3) is 0.773. The third-order valence-electron chi connectivity index (χ3n) is 7.71. The van der Waals surface area contributed by atoms with Crippen molar-refractivity contribution in [3.63, 3.8) is 0 Å². The van der Waals surface area contributed by atoms with Crippen LogP contribution in [0, 0.1) is 19.3 Å². The Bertz CT molecular complexity index is 907. The molecule has 8 heteroatoms. The van der Waals surface area contributed by atoms with Crippen LogP contribution in [0.3, 0.4) is 0 Å². The first-order chi connectivity index (χ1) is 14.3. The van der Waals surface area contributed by atoms with E-state index in [1.807, 2.05) is 19.9 Å². The van der Waals surface area contributed by atoms with Crippen molar-refractivity contribution in [1.29, 1.82) is 0 Å². The van der Waals surface area contributed by atoms with Crippen molar-refractivity contribution >= 4 is 9.84 Å². The molecule has 4 saturated heterocycles. The van der Waals surface area contributed by atoms with Gasteiger partial charge in [0, 0.05) is 30.5 Å². The van der Waals surface area contributed by atoms with Crippen LogP contribution in [0.25, 0.3) is 0 Å². The maximum Gasteiger partial charge on any atom is 0.208 e. The number of hydrogen-bond acceptors (Lipinski definition) is 7. The summed E-state index contributed by atoms with van der Waals surface area (Å²) in [5, 5.41) is 3.39. The van der Waals surface area contributed by atoms with Crippen LogP contribution in [0.4, 0.5) is 0 Å². The molecule has 166 valence electrons. The number of pyridine rings is 1. The largest absolute Gasteiger partial charge is 0.381 e. The fourth-order valence-electron chi connectivity index (χ4n) is 5.96. The van der Waals surface area contributed by atoms with E-state index in [1.54, 1.807) is 0 Å². The van der Waals surface area contributed by atoms with Gasteiger partial charge in [0.15, 0.2) is 5.44 Å². The summed E-state index contributed by atoms with van der Waals surface area (Å²) < 4.78 is 39.9. The van der Waals surface area contributed by atoms with Gasteiger partial charge in [-0.3, -0.25) is 9.88 Å². The second-order valence-corrected chi connectivity index (χ2v) is 11.8. The van der Waals surface area contributed by atoms with E-state index < -0.39 is 15.3 Å². The minimum Gasteiger partial charge on any atom is -0.381 e. The molecule has 0 aromatic carbocycles. The number of ether oxygens (including phenoxy) is 2. The number of rotatable bonds is 3. The second kappa shape index (κ2) is 7.52. The molecular formula is C22H33N3O4S. The summed E-state index contributed by atoms with van der Waals surface area (Å²) in [4.78, 5) is 6.99. The number of nitrogens with zero attached hydrogens (tertiary/aromatic N) is 2. The summed E-state index contributed by atoms with van der Waals surface area (Å²) in [5.41, 5.74) is 0.587. The van der Waals surface area contributed by atoms with Gasteiger partial charge in [-0.05, 0) is 77.2 Å². The highest BCUT2D eigenvalue weighted by molar-refractivity contribution is 7.92. The van der Waals surface area contributed by atoms with Crippen molar-refractivity contribution in [1.82, 2.24) is 15.2 Å². The van der Waals surface area contributed by atoms with Gasteiger partial charge in [-0.1, -0.05) is 0 Å². The summed E-state index contributed by atoms with van der Waals surface area (Å²) >= 11 is 0. The van der Waals surface area contributed by atoms with E-state index in [-0.39, 0.29) is 17.1 Å². The molecule has 5 rings (SSSR count). The predicted octanol–water partition coefficient (Wildman–Crippen LogP) is 1.82. The van der Waals surface area contributed by atoms with E-state index in [1.165, 1.54) is 6.20 Å². The van der Waals surface area contributed by atoms with Crippen molar-refractivity contribution in [3.05, 3.63) is 23.5 Å². The monoisotopic (exact) mass is 435 g/mol. The van der Waals surface area contributed by atoms with Crippen molar-refractivity contribution in [2.24, 2.45) is 5.41 Å². The lowest BCUT2D eigenvalue weighted by atomic mass is 9.86. The number of piperidine rings is 1. The molecule has 0 bridgehead atoms. The van der Waals surface area contributed by atoms with Crippen molar-refractivity contribution < 1.29 is 17.9 Å². The van der Waals surface area contributed by atoms with Gasteiger partial charge in [-0.2, -0.15) is 0 Å². The summed E-state index contributed by atoms with van der Waals surface area (Å²) in [5.74, 6) is 0. The van der Waals surface area contributed by atoms with E-state index in [2.05, 4.69) is 15.2 Å². The van der Waals surface area contributed by atoms with E-state index in [4.69, 9.17) is 9.47 Å². The SMILES string of the molecule is Cc1cc(C)c(S(=O)(=O)C2OC3(CCNCC3)CC2N2CCC3(CCOC3)C2)cn1. The number of likely N-dealkylation sites (tertiary alicyclic amines) is 1. The normalized spacial score (nSPS) is 34.3. The average molecular weight is 436 g/mol. The highest BCUT2D eigenvalue weighted by Crippen LogP contribution is 2.47. The van der Waals surface area contributed by atoms with Crippen LogP contribution >= 0.6 is 0 Å². The topological polar surface area (TPSA) is 80.8 Å². The number of nitrogens with one attached hydrogen (secondary N) is 1.